The van der Waals surface area contributed by atoms with Crippen LogP contribution in [0.2, 0.25) is 0 Å². The highest BCUT2D eigenvalue weighted by Crippen LogP contribution is 2.53. The van der Waals surface area contributed by atoms with Crippen LogP contribution in [0.4, 0.5) is 21.6 Å². The monoisotopic (exact) mass is 718 g/mol. The minimum Gasteiger partial charge on any atom is -0.368 e. The SMILES string of the molecule is CC(C)n1cnc2cc(-c3ccc4c(c3)N(C3CC(N5CC6CCC(C6)C5)C3)C(=O)C43CCN(C(=O)C4CCO4)CC3)nc(Nc3ccncc3F)c21. The van der Waals surface area contributed by atoms with Crippen molar-refractivity contribution in [3.8, 4) is 11.3 Å². The van der Waals surface area contributed by atoms with E-state index in [0.29, 0.717) is 50.1 Å². The van der Waals surface area contributed by atoms with E-state index in [1.807, 2.05) is 15.5 Å². The molecule has 2 saturated carbocycles. The van der Waals surface area contributed by atoms with Crippen molar-refractivity contribution >= 4 is 40.0 Å². The van der Waals surface area contributed by atoms with E-state index in [9.17, 15) is 14.0 Å². The third-order valence-electron chi connectivity index (χ3n) is 13.3. The van der Waals surface area contributed by atoms with Gasteiger partial charge in [0.25, 0.3) is 5.91 Å². The van der Waals surface area contributed by atoms with E-state index in [4.69, 9.17) is 14.7 Å². The normalized spacial score (nSPS) is 27.7. The number of hydrogen-bond donors (Lipinski definition) is 1. The largest absolute Gasteiger partial charge is 0.368 e. The molecule has 11 nitrogen and oxygen atoms in total. The topological polar surface area (TPSA) is 109 Å². The van der Waals surface area contributed by atoms with E-state index in [-0.39, 0.29) is 35.7 Å². The molecule has 3 aromatic heterocycles. The summed E-state index contributed by atoms with van der Waals surface area (Å²) in [4.78, 5) is 48.6. The summed E-state index contributed by atoms with van der Waals surface area (Å²) < 4.78 is 22.4. The van der Waals surface area contributed by atoms with Crippen molar-refractivity contribution in [2.45, 2.75) is 94.9 Å². The van der Waals surface area contributed by atoms with Gasteiger partial charge in [0, 0.05) is 68.2 Å². The molecule has 1 N–H and O–H groups in total. The van der Waals surface area contributed by atoms with Gasteiger partial charge in [-0.1, -0.05) is 12.1 Å². The first kappa shape index (κ1) is 33.2. The number of ether oxygens (including phenoxy) is 1. The summed E-state index contributed by atoms with van der Waals surface area (Å²) in [5, 5.41) is 3.24. The number of amides is 2. The molecule has 12 heteroatoms. The maximum atomic E-state index is 14.9. The Morgan fingerprint density at radius 2 is 1.79 bits per heavy atom. The predicted octanol–water partition coefficient (Wildman–Crippen LogP) is 6.22. The van der Waals surface area contributed by atoms with Crippen molar-refractivity contribution in [3.63, 3.8) is 0 Å². The summed E-state index contributed by atoms with van der Waals surface area (Å²) in [7, 11) is 0. The first-order valence-electron chi connectivity index (χ1n) is 19.6. The lowest BCUT2D eigenvalue weighted by Crippen LogP contribution is -2.59. The summed E-state index contributed by atoms with van der Waals surface area (Å²) in [6.07, 6.45) is 12.2. The van der Waals surface area contributed by atoms with Crippen LogP contribution >= 0.6 is 0 Å². The average molecular weight is 719 g/mol. The van der Waals surface area contributed by atoms with Crippen LogP contribution < -0.4 is 10.2 Å². The van der Waals surface area contributed by atoms with Crippen molar-refractivity contribution in [2.75, 3.05) is 43.0 Å². The molecule has 0 radical (unpaired) electrons. The second kappa shape index (κ2) is 12.6. The highest BCUT2D eigenvalue weighted by Gasteiger charge is 2.56. The van der Waals surface area contributed by atoms with Gasteiger partial charge in [0.05, 0.1) is 41.4 Å². The van der Waals surface area contributed by atoms with Gasteiger partial charge >= 0.3 is 0 Å². The number of piperidine rings is 2. The van der Waals surface area contributed by atoms with Crippen molar-refractivity contribution in [1.29, 1.82) is 0 Å². The molecule has 2 bridgehead atoms. The van der Waals surface area contributed by atoms with Gasteiger partial charge in [-0.15, -0.1) is 0 Å². The Hall–Kier alpha value is -4.42. The second-order valence-electron chi connectivity index (χ2n) is 16.7. The molecular weight excluding hydrogens is 672 g/mol. The molecule has 1 aromatic carbocycles. The summed E-state index contributed by atoms with van der Waals surface area (Å²) >= 11 is 0. The molecule has 10 rings (SSSR count). The molecule has 276 valence electrons. The predicted molar refractivity (Wildman–Crippen MR) is 199 cm³/mol. The fourth-order valence-electron chi connectivity index (χ4n) is 10.2. The minimum atomic E-state index is -0.667. The number of likely N-dealkylation sites (tertiary alicyclic amines) is 2. The zero-order valence-electron chi connectivity index (χ0n) is 30.5. The Morgan fingerprint density at radius 1 is 1.02 bits per heavy atom. The molecule has 2 amide bonds. The lowest BCUT2D eigenvalue weighted by molar-refractivity contribution is -0.158. The number of aromatic nitrogens is 4. The van der Waals surface area contributed by atoms with Crippen molar-refractivity contribution in [1.82, 2.24) is 29.3 Å². The molecule has 53 heavy (non-hydrogen) atoms. The van der Waals surface area contributed by atoms with Crippen LogP contribution in [0, 0.1) is 17.7 Å². The fourth-order valence-corrected chi connectivity index (χ4v) is 10.2. The van der Waals surface area contributed by atoms with Crippen LogP contribution in [0.15, 0.2) is 49.1 Å². The van der Waals surface area contributed by atoms with Gasteiger partial charge in [0.2, 0.25) is 5.91 Å². The molecule has 5 fully saturated rings. The Labute approximate surface area is 308 Å². The lowest BCUT2D eigenvalue weighted by Gasteiger charge is -2.49. The summed E-state index contributed by atoms with van der Waals surface area (Å²) in [6.45, 7) is 8.27. The number of anilines is 3. The summed E-state index contributed by atoms with van der Waals surface area (Å²) in [5.41, 5.74) is 4.73. The Morgan fingerprint density at radius 3 is 2.49 bits per heavy atom. The standard InChI is InChI=1S/C41H47FN8O3/c1-24(2)49-23-44-34-19-33(46-38(37(34)49)45-32-7-11-43-20-31(32)42)27-5-6-30-35(16-27)50(29-17-28(18-29)48-21-25-3-4-26(15-25)22-48)40(52)41(30)9-12-47(13-10-41)39(51)36-8-14-53-36/h5-7,11,16,19-20,23-26,28-29,36H,3-4,8-10,12-15,17-18,21-22H2,1-2H3,(H,43,45,46). The molecule has 4 aromatic rings. The number of fused-ring (bicyclic) bond motifs is 5. The van der Waals surface area contributed by atoms with Crippen LogP contribution in [0.5, 0.6) is 0 Å². The van der Waals surface area contributed by atoms with E-state index in [1.54, 1.807) is 18.6 Å². The van der Waals surface area contributed by atoms with Crippen molar-refractivity contribution in [2.24, 2.45) is 11.8 Å². The second-order valence-corrected chi connectivity index (χ2v) is 16.7. The van der Waals surface area contributed by atoms with Crippen LogP contribution in [0.25, 0.3) is 22.3 Å². The fraction of sp³-hybridized carbons (Fsp3) is 0.537. The number of carbonyl (C=O) groups is 2. The van der Waals surface area contributed by atoms with Gasteiger partial charge in [-0.2, -0.15) is 0 Å². The molecule has 2 aliphatic carbocycles. The molecule has 3 atom stereocenters. The molecule has 3 saturated heterocycles. The average Bonchev–Trinajstić information content (AvgIpc) is 3.77. The van der Waals surface area contributed by atoms with Crippen LogP contribution in [0.3, 0.4) is 0 Å². The van der Waals surface area contributed by atoms with E-state index in [2.05, 4.69) is 52.1 Å². The molecular formula is C41H47FN8O3. The van der Waals surface area contributed by atoms with E-state index in [0.717, 1.165) is 58.9 Å². The zero-order valence-corrected chi connectivity index (χ0v) is 30.5. The lowest BCUT2D eigenvalue weighted by atomic mass is 9.73. The van der Waals surface area contributed by atoms with Gasteiger partial charge in [-0.05, 0) is 94.4 Å². The molecule has 7 heterocycles. The van der Waals surface area contributed by atoms with E-state index < -0.39 is 11.2 Å². The number of nitrogens with zero attached hydrogens (tertiary/aromatic N) is 7. The third-order valence-corrected chi connectivity index (χ3v) is 13.3. The molecule has 4 aliphatic heterocycles. The van der Waals surface area contributed by atoms with Gasteiger partial charge < -0.3 is 24.4 Å². The van der Waals surface area contributed by atoms with Gasteiger partial charge in [0.1, 0.15) is 11.6 Å². The van der Waals surface area contributed by atoms with Crippen LogP contribution in [0.1, 0.15) is 76.8 Å². The van der Waals surface area contributed by atoms with Gasteiger partial charge in [-0.3, -0.25) is 19.5 Å². The van der Waals surface area contributed by atoms with Crippen molar-refractivity contribution < 1.29 is 18.7 Å². The van der Waals surface area contributed by atoms with Crippen LogP contribution in [-0.4, -0.2) is 92.1 Å². The smallest absolute Gasteiger partial charge is 0.251 e. The molecule has 1 spiro atoms. The maximum absolute atomic E-state index is 14.9. The highest BCUT2D eigenvalue weighted by molar-refractivity contribution is 6.09. The Kier molecular flexibility index (Phi) is 7.87. The van der Waals surface area contributed by atoms with Crippen LogP contribution in [-0.2, 0) is 19.7 Å². The number of pyridine rings is 2. The summed E-state index contributed by atoms with van der Waals surface area (Å²) in [6, 6.07) is 10.7. The van der Waals surface area contributed by atoms with E-state index >= 15 is 0 Å². The quantitative estimate of drug-likeness (QED) is 0.240. The maximum Gasteiger partial charge on any atom is 0.251 e. The zero-order chi connectivity index (χ0) is 36.0. The number of halogens is 1. The van der Waals surface area contributed by atoms with Crippen molar-refractivity contribution in [3.05, 3.63) is 60.4 Å². The summed E-state index contributed by atoms with van der Waals surface area (Å²) in [5.74, 6) is 1.93. The third kappa shape index (κ3) is 5.38. The highest BCUT2D eigenvalue weighted by atomic mass is 19.1. The number of benzene rings is 1. The number of rotatable bonds is 7. The number of carbonyl (C=O) groups excluding carboxylic acids is 2. The van der Waals surface area contributed by atoms with Gasteiger partial charge in [-0.25, -0.2) is 14.4 Å². The minimum absolute atomic E-state index is 0.0544. The number of imidazole rings is 1. The number of hydrogen-bond acceptors (Lipinski definition) is 8. The van der Waals surface area contributed by atoms with E-state index in [1.165, 1.54) is 38.5 Å². The number of nitrogens with one attached hydrogen (secondary N) is 1. The molecule has 3 unspecified atom stereocenters. The first-order valence-corrected chi connectivity index (χ1v) is 19.6. The molecule has 6 aliphatic rings. The Balaban J connectivity index is 1.01. The van der Waals surface area contributed by atoms with Gasteiger partial charge in [0.15, 0.2) is 11.6 Å². The first-order chi connectivity index (χ1) is 25.8. The Bertz CT molecular complexity index is 2090.